The van der Waals surface area contributed by atoms with Gasteiger partial charge in [-0.3, -0.25) is 4.79 Å². The Morgan fingerprint density at radius 2 is 2.05 bits per heavy atom. The van der Waals surface area contributed by atoms with Crippen molar-refractivity contribution in [1.29, 1.82) is 0 Å². The summed E-state index contributed by atoms with van der Waals surface area (Å²) in [5.74, 6) is 1.65. The summed E-state index contributed by atoms with van der Waals surface area (Å²) >= 11 is 0. The van der Waals surface area contributed by atoms with Gasteiger partial charge in [-0.05, 0) is 69.3 Å². The summed E-state index contributed by atoms with van der Waals surface area (Å²) in [6.07, 6.45) is 16.0. The van der Waals surface area contributed by atoms with E-state index in [1.807, 2.05) is 0 Å². The lowest BCUT2D eigenvalue weighted by Crippen LogP contribution is -2.43. The molecule has 0 aromatic carbocycles. The summed E-state index contributed by atoms with van der Waals surface area (Å²) in [6, 6.07) is 0. The minimum atomic E-state index is 0.103. The molecule has 118 valence electrons. The molecule has 4 aliphatic carbocycles. The number of carbonyl (C=O) groups is 1. The molecule has 0 amide bonds. The van der Waals surface area contributed by atoms with Gasteiger partial charge >= 0.3 is 0 Å². The second-order valence-electron chi connectivity index (χ2n) is 8.40. The molecule has 1 saturated carbocycles. The van der Waals surface area contributed by atoms with Crippen molar-refractivity contribution in [2.45, 2.75) is 65.7 Å². The Balaban J connectivity index is 1.75. The molecule has 0 aliphatic heterocycles. The number of hydrogen-bond donors (Lipinski definition) is 0. The van der Waals surface area contributed by atoms with E-state index >= 15 is 0 Å². The maximum Gasteiger partial charge on any atom is 0.156 e. The molecule has 4 aliphatic rings. The first-order chi connectivity index (χ1) is 10.5. The van der Waals surface area contributed by atoms with Crippen LogP contribution in [0.1, 0.15) is 65.7 Å². The molecule has 22 heavy (non-hydrogen) atoms. The third-order valence-electron chi connectivity index (χ3n) is 7.36. The molecule has 0 aromatic rings. The summed E-state index contributed by atoms with van der Waals surface area (Å²) in [5.41, 5.74) is 4.99. The summed E-state index contributed by atoms with van der Waals surface area (Å²) in [4.78, 5) is 12.1. The Bertz CT molecular complexity index is 620. The fraction of sp³-hybridized carbons (Fsp3) is 0.667. The highest BCUT2D eigenvalue weighted by Gasteiger charge is 2.53. The predicted molar refractivity (Wildman–Crippen MR) is 90.4 cm³/mol. The largest absolute Gasteiger partial charge is 0.295 e. The van der Waals surface area contributed by atoms with E-state index in [1.165, 1.54) is 32.1 Å². The van der Waals surface area contributed by atoms with E-state index in [9.17, 15) is 4.79 Å². The summed E-state index contributed by atoms with van der Waals surface area (Å²) in [7, 11) is 0. The van der Waals surface area contributed by atoms with Crippen LogP contribution in [-0.4, -0.2) is 5.78 Å². The molecule has 0 radical (unpaired) electrons. The van der Waals surface area contributed by atoms with Crippen molar-refractivity contribution in [2.24, 2.45) is 22.7 Å². The summed E-state index contributed by atoms with van der Waals surface area (Å²) in [6.45, 7) is 6.59. The van der Waals surface area contributed by atoms with Crippen LogP contribution in [0.15, 0.2) is 34.9 Å². The lowest BCUT2D eigenvalue weighted by Gasteiger charge is -2.53. The van der Waals surface area contributed by atoms with E-state index in [-0.39, 0.29) is 5.41 Å². The van der Waals surface area contributed by atoms with Gasteiger partial charge in [-0.25, -0.2) is 0 Å². The average molecular weight is 296 g/mol. The maximum absolute atomic E-state index is 12.1. The van der Waals surface area contributed by atoms with Crippen LogP contribution in [0.4, 0.5) is 0 Å². The highest BCUT2D eigenvalue weighted by molar-refractivity contribution is 5.95. The fourth-order valence-corrected chi connectivity index (χ4v) is 6.17. The smallest absolute Gasteiger partial charge is 0.156 e. The minimum absolute atomic E-state index is 0.103. The van der Waals surface area contributed by atoms with E-state index in [0.29, 0.717) is 23.0 Å². The Morgan fingerprint density at radius 1 is 1.23 bits per heavy atom. The first-order valence-electron chi connectivity index (χ1n) is 9.08. The monoisotopic (exact) mass is 296 g/mol. The third-order valence-corrected chi connectivity index (χ3v) is 7.36. The van der Waals surface area contributed by atoms with E-state index in [0.717, 1.165) is 18.4 Å². The van der Waals surface area contributed by atoms with Gasteiger partial charge in [0.25, 0.3) is 0 Å². The minimum Gasteiger partial charge on any atom is -0.295 e. The summed E-state index contributed by atoms with van der Waals surface area (Å²) in [5, 5.41) is 0. The molecular formula is C21H28O. The highest BCUT2D eigenvalue weighted by atomic mass is 16.1. The molecule has 4 rings (SSSR count). The zero-order valence-electron chi connectivity index (χ0n) is 14.2. The van der Waals surface area contributed by atoms with E-state index in [4.69, 9.17) is 0 Å². The van der Waals surface area contributed by atoms with Crippen LogP contribution in [0.5, 0.6) is 0 Å². The Hall–Kier alpha value is -1.11. The van der Waals surface area contributed by atoms with Gasteiger partial charge in [0.05, 0.1) is 0 Å². The zero-order chi connectivity index (χ0) is 15.5. The second-order valence-corrected chi connectivity index (χ2v) is 8.40. The Morgan fingerprint density at radius 3 is 2.82 bits per heavy atom. The first kappa shape index (κ1) is 14.5. The number of rotatable bonds is 1. The van der Waals surface area contributed by atoms with Crippen LogP contribution in [0.3, 0.4) is 0 Å². The van der Waals surface area contributed by atoms with Crippen molar-refractivity contribution in [2.75, 3.05) is 0 Å². The Kier molecular flexibility index (Phi) is 3.09. The maximum atomic E-state index is 12.1. The molecule has 1 fully saturated rings. The molecule has 0 spiro atoms. The lowest BCUT2D eigenvalue weighted by atomic mass is 9.51. The number of ketones is 1. The number of carbonyl (C=O) groups excluding carboxylic acids is 1. The molecule has 1 nitrogen and oxygen atoms in total. The molecule has 1 heteroatoms. The highest BCUT2D eigenvalue weighted by Crippen LogP contribution is 2.63. The van der Waals surface area contributed by atoms with Crippen molar-refractivity contribution < 1.29 is 4.79 Å². The molecule has 0 bridgehead atoms. The van der Waals surface area contributed by atoms with Crippen molar-refractivity contribution in [3.63, 3.8) is 0 Å². The standard InChI is InChI=1S/C21H28O/c1-14(22)17-9-10-18-16-8-7-15-6-4-5-12-20(15,2)19(16)11-13-21(17,18)3/h6,9,11,16,18H,4-5,7-8,10,12-13H2,1-3H3/t16-,18-,20-,21+/m0/s1. The quantitative estimate of drug-likeness (QED) is 0.593. The first-order valence-corrected chi connectivity index (χ1v) is 9.08. The van der Waals surface area contributed by atoms with Gasteiger partial charge in [0.15, 0.2) is 5.78 Å². The van der Waals surface area contributed by atoms with E-state index < -0.39 is 0 Å². The van der Waals surface area contributed by atoms with Crippen molar-refractivity contribution in [3.05, 3.63) is 34.9 Å². The van der Waals surface area contributed by atoms with Crippen LogP contribution in [0, 0.1) is 22.7 Å². The van der Waals surface area contributed by atoms with Crippen molar-refractivity contribution in [3.8, 4) is 0 Å². The topological polar surface area (TPSA) is 17.1 Å². The number of fused-ring (bicyclic) bond motifs is 5. The van der Waals surface area contributed by atoms with Gasteiger partial charge in [-0.2, -0.15) is 0 Å². The van der Waals surface area contributed by atoms with Crippen LogP contribution in [0.25, 0.3) is 0 Å². The molecule has 0 N–H and O–H groups in total. The number of allylic oxidation sites excluding steroid dienone is 6. The van der Waals surface area contributed by atoms with Crippen molar-refractivity contribution in [1.82, 2.24) is 0 Å². The SMILES string of the molecule is CC(=O)C1=CC[C@H]2[C@@H]3CCC4=CCCC[C@]4(C)C3=CC[C@]12C. The van der Waals surface area contributed by atoms with Gasteiger partial charge < -0.3 is 0 Å². The molecule has 0 heterocycles. The number of hydrogen-bond acceptors (Lipinski definition) is 1. The van der Waals surface area contributed by atoms with Gasteiger partial charge in [0, 0.05) is 10.8 Å². The molecule has 0 aromatic heterocycles. The molecule has 0 saturated heterocycles. The van der Waals surface area contributed by atoms with E-state index in [2.05, 4.69) is 32.1 Å². The van der Waals surface area contributed by atoms with Gasteiger partial charge in [-0.15, -0.1) is 0 Å². The van der Waals surface area contributed by atoms with E-state index in [1.54, 1.807) is 18.1 Å². The normalized spacial score (nSPS) is 43.3. The molecular weight excluding hydrogens is 268 g/mol. The van der Waals surface area contributed by atoms with Gasteiger partial charge in [-0.1, -0.05) is 43.2 Å². The lowest BCUT2D eigenvalue weighted by molar-refractivity contribution is -0.114. The number of Topliss-reactive ketones (excluding diaryl/α,β-unsaturated/α-hetero) is 1. The van der Waals surface area contributed by atoms with Gasteiger partial charge in [0.1, 0.15) is 0 Å². The van der Waals surface area contributed by atoms with Gasteiger partial charge in [0.2, 0.25) is 0 Å². The van der Waals surface area contributed by atoms with Crippen LogP contribution < -0.4 is 0 Å². The predicted octanol–water partition coefficient (Wildman–Crippen LogP) is 5.38. The Labute approximate surface area is 134 Å². The fourth-order valence-electron chi connectivity index (χ4n) is 6.17. The van der Waals surface area contributed by atoms with Crippen LogP contribution >= 0.6 is 0 Å². The zero-order valence-corrected chi connectivity index (χ0v) is 14.2. The molecule has 0 unspecified atom stereocenters. The third kappa shape index (κ3) is 1.74. The molecule has 4 atom stereocenters. The second kappa shape index (κ2) is 4.69. The van der Waals surface area contributed by atoms with Crippen LogP contribution in [0.2, 0.25) is 0 Å². The van der Waals surface area contributed by atoms with Crippen molar-refractivity contribution >= 4 is 5.78 Å². The average Bonchev–Trinajstić information content (AvgIpc) is 2.84. The summed E-state index contributed by atoms with van der Waals surface area (Å²) < 4.78 is 0. The van der Waals surface area contributed by atoms with Crippen LogP contribution in [-0.2, 0) is 4.79 Å².